The highest BCUT2D eigenvalue weighted by molar-refractivity contribution is 5.82. The first-order valence-corrected chi connectivity index (χ1v) is 4.79. The van der Waals surface area contributed by atoms with Gasteiger partial charge in [-0.1, -0.05) is 0 Å². The van der Waals surface area contributed by atoms with E-state index >= 15 is 0 Å². The summed E-state index contributed by atoms with van der Waals surface area (Å²) in [6, 6.07) is 1.75. The van der Waals surface area contributed by atoms with Crippen molar-refractivity contribution in [3.8, 4) is 0 Å². The van der Waals surface area contributed by atoms with Crippen LogP contribution < -0.4 is 10.6 Å². The second-order valence-corrected chi connectivity index (χ2v) is 3.89. The predicted molar refractivity (Wildman–Crippen MR) is 58.4 cm³/mol. The topological polar surface area (TPSA) is 66.9 Å². The molecule has 1 heterocycles. The van der Waals surface area contributed by atoms with Crippen LogP contribution in [0.4, 0.5) is 5.95 Å². The van der Waals surface area contributed by atoms with E-state index in [0.29, 0.717) is 12.5 Å². The molecule has 5 heteroatoms. The maximum absolute atomic E-state index is 11.5. The molecule has 5 nitrogen and oxygen atoms in total. The van der Waals surface area contributed by atoms with Crippen molar-refractivity contribution in [1.29, 1.82) is 0 Å². The van der Waals surface area contributed by atoms with Crippen molar-refractivity contribution in [1.82, 2.24) is 15.3 Å². The number of hydrogen-bond donors (Lipinski definition) is 2. The summed E-state index contributed by atoms with van der Waals surface area (Å²) in [4.78, 5) is 19.5. The van der Waals surface area contributed by atoms with Crippen LogP contribution in [0.5, 0.6) is 0 Å². The van der Waals surface area contributed by atoms with Gasteiger partial charge in [0.2, 0.25) is 11.9 Å². The molecule has 0 fully saturated rings. The number of nitrogens with one attached hydrogen (secondary N) is 2. The summed E-state index contributed by atoms with van der Waals surface area (Å²) in [5.74, 6) is 0.528. The molecule has 0 atom stereocenters. The van der Waals surface area contributed by atoms with E-state index in [4.69, 9.17) is 0 Å². The first-order valence-electron chi connectivity index (χ1n) is 4.79. The van der Waals surface area contributed by atoms with Crippen LogP contribution in [-0.4, -0.2) is 29.5 Å². The van der Waals surface area contributed by atoms with Crippen LogP contribution in [0.1, 0.15) is 13.8 Å². The maximum Gasteiger partial charge on any atom is 0.227 e. The summed E-state index contributed by atoms with van der Waals surface area (Å²) in [6.07, 6.45) is 3.31. The molecular weight excluding hydrogens is 192 g/mol. The van der Waals surface area contributed by atoms with Gasteiger partial charge in [-0.05, 0) is 19.9 Å². The molecule has 1 aromatic heterocycles. The fourth-order valence-electron chi connectivity index (χ4n) is 1.11. The monoisotopic (exact) mass is 208 g/mol. The summed E-state index contributed by atoms with van der Waals surface area (Å²) in [6.45, 7) is 4.22. The summed E-state index contributed by atoms with van der Waals surface area (Å²) < 4.78 is 0. The highest BCUT2D eigenvalue weighted by Crippen LogP contribution is 2.14. The second kappa shape index (κ2) is 4.72. The quantitative estimate of drug-likeness (QED) is 0.762. The zero-order chi connectivity index (χ0) is 11.3. The Bertz CT molecular complexity index is 323. The molecule has 15 heavy (non-hydrogen) atoms. The molecule has 0 aromatic carbocycles. The van der Waals surface area contributed by atoms with E-state index in [0.717, 1.165) is 0 Å². The molecule has 0 saturated carbocycles. The lowest BCUT2D eigenvalue weighted by Gasteiger charge is -2.22. The van der Waals surface area contributed by atoms with Crippen LogP contribution >= 0.6 is 0 Å². The molecule has 1 amide bonds. The molecule has 0 spiro atoms. The van der Waals surface area contributed by atoms with Crippen LogP contribution in [0.25, 0.3) is 0 Å². The standard InChI is InChI=1S/C10H16N4O/c1-10(2,8(15)11-3)7-14-9-12-5-4-6-13-9/h4-6H,7H2,1-3H3,(H,11,15)(H,12,13,14). The van der Waals surface area contributed by atoms with E-state index in [9.17, 15) is 4.79 Å². The summed E-state index contributed by atoms with van der Waals surface area (Å²) in [5.41, 5.74) is -0.478. The van der Waals surface area contributed by atoms with Crippen molar-refractivity contribution in [3.05, 3.63) is 18.5 Å². The molecule has 0 aliphatic carbocycles. The van der Waals surface area contributed by atoms with Gasteiger partial charge >= 0.3 is 0 Å². The van der Waals surface area contributed by atoms with Crippen molar-refractivity contribution in [3.63, 3.8) is 0 Å². The van der Waals surface area contributed by atoms with Gasteiger partial charge in [0.1, 0.15) is 0 Å². The number of anilines is 1. The minimum Gasteiger partial charge on any atom is -0.359 e. The molecular formula is C10H16N4O. The molecule has 2 N–H and O–H groups in total. The average Bonchev–Trinajstić information content (AvgIpc) is 2.27. The number of nitrogens with zero attached hydrogens (tertiary/aromatic N) is 2. The van der Waals surface area contributed by atoms with E-state index < -0.39 is 5.41 Å². The van der Waals surface area contributed by atoms with E-state index in [1.54, 1.807) is 25.5 Å². The fraction of sp³-hybridized carbons (Fsp3) is 0.500. The number of hydrogen-bond acceptors (Lipinski definition) is 4. The first-order chi connectivity index (χ1) is 7.06. The van der Waals surface area contributed by atoms with Crippen LogP contribution in [0.2, 0.25) is 0 Å². The molecule has 1 aromatic rings. The van der Waals surface area contributed by atoms with E-state index in [1.165, 1.54) is 0 Å². The molecule has 0 bridgehead atoms. The van der Waals surface area contributed by atoms with Crippen LogP contribution in [0.3, 0.4) is 0 Å². The molecule has 1 rings (SSSR count). The van der Waals surface area contributed by atoms with E-state index in [-0.39, 0.29) is 5.91 Å². The third-order valence-corrected chi connectivity index (χ3v) is 2.10. The largest absolute Gasteiger partial charge is 0.359 e. The molecule has 0 unspecified atom stereocenters. The average molecular weight is 208 g/mol. The predicted octanol–water partition coefficient (Wildman–Crippen LogP) is 0.661. The molecule has 0 radical (unpaired) electrons. The zero-order valence-corrected chi connectivity index (χ0v) is 9.24. The minimum atomic E-state index is -0.478. The van der Waals surface area contributed by atoms with Crippen LogP contribution in [0.15, 0.2) is 18.5 Å². The number of carbonyl (C=O) groups is 1. The van der Waals surface area contributed by atoms with Crippen molar-refractivity contribution >= 4 is 11.9 Å². The smallest absolute Gasteiger partial charge is 0.227 e. The SMILES string of the molecule is CNC(=O)C(C)(C)CNc1ncccn1. The van der Waals surface area contributed by atoms with E-state index in [1.807, 2.05) is 13.8 Å². The third-order valence-electron chi connectivity index (χ3n) is 2.10. The maximum atomic E-state index is 11.5. The van der Waals surface area contributed by atoms with Gasteiger partial charge in [-0.3, -0.25) is 4.79 Å². The summed E-state index contributed by atoms with van der Waals surface area (Å²) in [5, 5.41) is 5.64. The van der Waals surface area contributed by atoms with Crippen molar-refractivity contribution in [2.24, 2.45) is 5.41 Å². The lowest BCUT2D eigenvalue weighted by atomic mass is 9.92. The van der Waals surface area contributed by atoms with Gasteiger partial charge in [-0.15, -0.1) is 0 Å². The zero-order valence-electron chi connectivity index (χ0n) is 9.24. The fourth-order valence-corrected chi connectivity index (χ4v) is 1.11. The second-order valence-electron chi connectivity index (χ2n) is 3.89. The van der Waals surface area contributed by atoms with Gasteiger partial charge in [-0.2, -0.15) is 0 Å². The van der Waals surface area contributed by atoms with Crippen LogP contribution in [-0.2, 0) is 4.79 Å². The Hall–Kier alpha value is -1.65. The summed E-state index contributed by atoms with van der Waals surface area (Å²) >= 11 is 0. The highest BCUT2D eigenvalue weighted by atomic mass is 16.2. The van der Waals surface area contributed by atoms with Crippen LogP contribution in [0, 0.1) is 5.41 Å². The molecule has 0 saturated heterocycles. The third kappa shape index (κ3) is 3.19. The molecule has 0 aliphatic heterocycles. The Balaban J connectivity index is 2.53. The van der Waals surface area contributed by atoms with Gasteiger partial charge in [-0.25, -0.2) is 9.97 Å². The molecule has 82 valence electrons. The Kier molecular flexibility index (Phi) is 3.60. The minimum absolute atomic E-state index is 0.00840. The Labute approximate surface area is 89.3 Å². The lowest BCUT2D eigenvalue weighted by molar-refractivity contribution is -0.128. The van der Waals surface area contributed by atoms with E-state index in [2.05, 4.69) is 20.6 Å². The van der Waals surface area contributed by atoms with Gasteiger partial charge < -0.3 is 10.6 Å². The molecule has 0 aliphatic rings. The van der Waals surface area contributed by atoms with Gasteiger partial charge in [0, 0.05) is 26.0 Å². The van der Waals surface area contributed by atoms with Crippen molar-refractivity contribution in [2.75, 3.05) is 18.9 Å². The number of amides is 1. The lowest BCUT2D eigenvalue weighted by Crippen LogP contribution is -2.39. The highest BCUT2D eigenvalue weighted by Gasteiger charge is 2.26. The van der Waals surface area contributed by atoms with Crippen molar-refractivity contribution < 1.29 is 4.79 Å². The number of rotatable bonds is 4. The Morgan fingerprint density at radius 2 is 2.00 bits per heavy atom. The van der Waals surface area contributed by atoms with Gasteiger partial charge in [0.15, 0.2) is 0 Å². The summed E-state index contributed by atoms with van der Waals surface area (Å²) in [7, 11) is 1.63. The Morgan fingerprint density at radius 1 is 1.40 bits per heavy atom. The number of carbonyl (C=O) groups excluding carboxylic acids is 1. The van der Waals surface area contributed by atoms with Gasteiger partial charge in [0.05, 0.1) is 5.41 Å². The number of aromatic nitrogens is 2. The first kappa shape index (κ1) is 11.4. The normalized spacial score (nSPS) is 10.9. The Morgan fingerprint density at radius 3 is 2.53 bits per heavy atom. The van der Waals surface area contributed by atoms with Gasteiger partial charge in [0.25, 0.3) is 0 Å². The van der Waals surface area contributed by atoms with Crippen molar-refractivity contribution in [2.45, 2.75) is 13.8 Å².